The fraction of sp³-hybridized carbons (Fsp3) is 0.544. The van der Waals surface area contributed by atoms with Gasteiger partial charge >= 0.3 is 11.9 Å². The molecule has 0 spiro atoms. The standard InChI is InChI=1S/C57H76N2O8/c1-9-55(4,5)48(35-32-43-27-19-14-20-28-43)67-53(64)46-29-21-22-37-58(46)52(63)50(61)57(8,11-3)40-44-36-38-59(51(62)49(60)56(6,7)10-2)47(39-44)54(65)66-45(33-30-41-23-15-12-16-24-41)34-31-42-25-17-13-18-26-42/h9,12-20,23-28,44-48H,1,10-11,21-22,29-40H2,2-8H3/t44?,46-,47-,48+,57?/m0/s1. The Morgan fingerprint density at radius 1 is 0.627 bits per heavy atom. The van der Waals surface area contributed by atoms with Gasteiger partial charge in [0.2, 0.25) is 11.6 Å². The molecule has 0 aliphatic carbocycles. The number of carbonyl (C=O) groups excluding carboxylic acids is 6. The van der Waals surface area contributed by atoms with E-state index < -0.39 is 75.9 Å². The minimum Gasteiger partial charge on any atom is -0.461 e. The highest BCUT2D eigenvalue weighted by molar-refractivity contribution is 6.39. The van der Waals surface area contributed by atoms with Crippen LogP contribution >= 0.6 is 0 Å². The Bertz CT molecular complexity index is 2090. The summed E-state index contributed by atoms with van der Waals surface area (Å²) in [5.74, 6) is -3.88. The van der Waals surface area contributed by atoms with E-state index in [1.807, 2.05) is 119 Å². The van der Waals surface area contributed by atoms with E-state index in [9.17, 15) is 28.8 Å². The van der Waals surface area contributed by atoms with Crippen LogP contribution in [0, 0.1) is 22.2 Å². The minimum atomic E-state index is -1.13. The maximum Gasteiger partial charge on any atom is 0.329 e. The van der Waals surface area contributed by atoms with Gasteiger partial charge in [-0.15, -0.1) is 6.58 Å². The third kappa shape index (κ3) is 14.1. The largest absolute Gasteiger partial charge is 0.461 e. The number of likely N-dealkylation sites (tertiary alicyclic amines) is 2. The van der Waals surface area contributed by atoms with Crippen molar-refractivity contribution in [3.05, 3.63) is 120 Å². The van der Waals surface area contributed by atoms with E-state index >= 15 is 0 Å². The third-order valence-electron chi connectivity index (χ3n) is 14.9. The van der Waals surface area contributed by atoms with Crippen molar-refractivity contribution in [2.24, 2.45) is 22.2 Å². The SMILES string of the molecule is C=CC(C)(C)[C@@H](CCc1ccccc1)OC(=O)[C@@H]1CCCCN1C(=O)C(=O)C(C)(CC)CC1CCN(C(=O)C(=O)C(C)(C)CC)[C@H](C(=O)OC(CCc2ccccc2)CCc2ccccc2)C1. The van der Waals surface area contributed by atoms with Gasteiger partial charge in [0, 0.05) is 29.3 Å². The van der Waals surface area contributed by atoms with Crippen LogP contribution in [0.5, 0.6) is 0 Å². The number of benzene rings is 3. The number of ether oxygens (including phenoxy) is 2. The maximum atomic E-state index is 14.6. The van der Waals surface area contributed by atoms with Crippen LogP contribution in [0.15, 0.2) is 104 Å². The lowest BCUT2D eigenvalue weighted by atomic mass is 9.71. The Balaban J connectivity index is 1.34. The molecule has 0 N–H and O–H groups in total. The molecule has 2 saturated heterocycles. The molecule has 3 aromatic rings. The number of rotatable bonds is 23. The van der Waals surface area contributed by atoms with Gasteiger partial charge in [0.1, 0.15) is 24.3 Å². The van der Waals surface area contributed by atoms with Gasteiger partial charge in [-0.1, -0.05) is 146 Å². The summed E-state index contributed by atoms with van der Waals surface area (Å²) in [6.45, 7) is 17.4. The molecule has 10 nitrogen and oxygen atoms in total. The highest BCUT2D eigenvalue weighted by atomic mass is 16.6. The number of nitrogens with zero attached hydrogens (tertiary/aromatic N) is 2. The van der Waals surface area contributed by atoms with Crippen LogP contribution in [-0.4, -0.2) is 82.5 Å². The van der Waals surface area contributed by atoms with Crippen LogP contribution in [0.4, 0.5) is 0 Å². The number of carbonyl (C=O) groups is 6. The minimum absolute atomic E-state index is 0.127. The molecule has 5 atom stereocenters. The van der Waals surface area contributed by atoms with E-state index in [1.54, 1.807) is 26.8 Å². The number of aryl methyl sites for hydroxylation is 3. The summed E-state index contributed by atoms with van der Waals surface area (Å²) < 4.78 is 12.6. The zero-order valence-electron chi connectivity index (χ0n) is 41.3. The van der Waals surface area contributed by atoms with E-state index in [0.29, 0.717) is 77.0 Å². The van der Waals surface area contributed by atoms with Crippen molar-refractivity contribution in [3.8, 4) is 0 Å². The zero-order chi connectivity index (χ0) is 48.8. The van der Waals surface area contributed by atoms with Gasteiger partial charge in [-0.25, -0.2) is 9.59 Å². The summed E-state index contributed by atoms with van der Waals surface area (Å²) in [5, 5.41) is 0. The van der Waals surface area contributed by atoms with Gasteiger partial charge in [0.25, 0.3) is 11.8 Å². The van der Waals surface area contributed by atoms with E-state index in [2.05, 4.69) is 6.58 Å². The van der Waals surface area contributed by atoms with Gasteiger partial charge in [0.15, 0.2) is 0 Å². The number of amides is 2. The van der Waals surface area contributed by atoms with Crippen molar-refractivity contribution in [2.75, 3.05) is 13.1 Å². The van der Waals surface area contributed by atoms with Gasteiger partial charge < -0.3 is 19.3 Å². The number of hydrogen-bond donors (Lipinski definition) is 0. The molecule has 2 aliphatic heterocycles. The maximum absolute atomic E-state index is 14.6. The second-order valence-corrected chi connectivity index (χ2v) is 20.5. The molecule has 3 aromatic carbocycles. The fourth-order valence-electron chi connectivity index (χ4n) is 9.44. The van der Waals surface area contributed by atoms with Crippen molar-refractivity contribution in [3.63, 3.8) is 0 Å². The number of hydrogen-bond acceptors (Lipinski definition) is 8. The van der Waals surface area contributed by atoms with Crippen molar-refractivity contribution >= 4 is 35.3 Å². The van der Waals surface area contributed by atoms with E-state index in [-0.39, 0.29) is 31.8 Å². The lowest BCUT2D eigenvalue weighted by molar-refractivity contribution is -0.168. The lowest BCUT2D eigenvalue weighted by Crippen LogP contribution is -2.56. The van der Waals surface area contributed by atoms with Crippen molar-refractivity contribution < 1.29 is 38.2 Å². The van der Waals surface area contributed by atoms with Crippen molar-refractivity contribution in [2.45, 2.75) is 163 Å². The monoisotopic (exact) mass is 917 g/mol. The predicted octanol–water partition coefficient (Wildman–Crippen LogP) is 10.3. The molecule has 0 bridgehead atoms. The summed E-state index contributed by atoms with van der Waals surface area (Å²) in [5.41, 5.74) is 0.767. The molecule has 0 radical (unpaired) electrons. The summed E-state index contributed by atoms with van der Waals surface area (Å²) in [4.78, 5) is 88.4. The van der Waals surface area contributed by atoms with Gasteiger partial charge in [0.05, 0.1) is 0 Å². The van der Waals surface area contributed by atoms with Gasteiger partial charge in [-0.05, 0) is 112 Å². The lowest BCUT2D eigenvalue weighted by Gasteiger charge is -2.42. The summed E-state index contributed by atoms with van der Waals surface area (Å²) >= 11 is 0. The molecule has 362 valence electrons. The molecule has 10 heteroatoms. The number of esters is 2. The molecule has 2 heterocycles. The molecule has 2 unspecified atom stereocenters. The average molecular weight is 917 g/mol. The molecule has 2 aliphatic rings. The van der Waals surface area contributed by atoms with Crippen LogP contribution in [0.3, 0.4) is 0 Å². The fourth-order valence-corrected chi connectivity index (χ4v) is 9.44. The first-order valence-electron chi connectivity index (χ1n) is 24.8. The highest BCUT2D eigenvalue weighted by Crippen LogP contribution is 2.39. The summed E-state index contributed by atoms with van der Waals surface area (Å²) in [6, 6.07) is 28.1. The van der Waals surface area contributed by atoms with Crippen LogP contribution in [0.2, 0.25) is 0 Å². The van der Waals surface area contributed by atoms with E-state index in [0.717, 1.165) is 16.7 Å². The summed E-state index contributed by atoms with van der Waals surface area (Å²) in [6.07, 6.45) is 8.05. The van der Waals surface area contributed by atoms with Gasteiger partial charge in [-0.2, -0.15) is 0 Å². The first kappa shape index (κ1) is 52.6. The molecule has 0 saturated carbocycles. The second-order valence-electron chi connectivity index (χ2n) is 20.5. The highest BCUT2D eigenvalue weighted by Gasteiger charge is 2.48. The topological polar surface area (TPSA) is 127 Å². The quantitative estimate of drug-likeness (QED) is 0.0523. The van der Waals surface area contributed by atoms with E-state index in [1.165, 1.54) is 9.80 Å². The normalized spacial score (nSPS) is 19.2. The van der Waals surface area contributed by atoms with Crippen molar-refractivity contribution in [1.82, 2.24) is 9.80 Å². The third-order valence-corrected chi connectivity index (χ3v) is 14.9. The molecule has 2 fully saturated rings. The molecule has 2 amide bonds. The van der Waals surface area contributed by atoms with Crippen LogP contribution in [0.25, 0.3) is 0 Å². The van der Waals surface area contributed by atoms with Gasteiger partial charge in [-0.3, -0.25) is 19.2 Å². The Kier molecular flexibility index (Phi) is 18.9. The zero-order valence-corrected chi connectivity index (χ0v) is 41.3. The first-order chi connectivity index (χ1) is 31.9. The Morgan fingerprint density at radius 2 is 1.12 bits per heavy atom. The van der Waals surface area contributed by atoms with Crippen molar-refractivity contribution in [1.29, 1.82) is 0 Å². The number of ketones is 2. The number of Topliss-reactive ketones (excluding diaryl/α,β-unsaturated/α-hetero) is 2. The summed E-state index contributed by atoms with van der Waals surface area (Å²) in [7, 11) is 0. The Hall–Kier alpha value is -5.38. The molecular formula is C57H76N2O8. The molecule has 0 aromatic heterocycles. The Labute approximate surface area is 400 Å². The predicted molar refractivity (Wildman–Crippen MR) is 263 cm³/mol. The smallest absolute Gasteiger partial charge is 0.329 e. The van der Waals surface area contributed by atoms with Crippen LogP contribution in [-0.2, 0) is 57.5 Å². The molecule has 67 heavy (non-hydrogen) atoms. The van der Waals surface area contributed by atoms with Crippen LogP contribution in [0.1, 0.15) is 136 Å². The molecule has 5 rings (SSSR count). The first-order valence-corrected chi connectivity index (χ1v) is 24.8. The average Bonchev–Trinajstić information content (AvgIpc) is 3.35. The second kappa shape index (κ2) is 24.1. The molecular weight excluding hydrogens is 841 g/mol. The van der Waals surface area contributed by atoms with E-state index in [4.69, 9.17) is 9.47 Å². The number of piperidine rings is 2. The Morgan fingerprint density at radius 3 is 1.63 bits per heavy atom. The van der Waals surface area contributed by atoms with Crippen LogP contribution < -0.4 is 0 Å².